The van der Waals surface area contributed by atoms with Gasteiger partial charge in [-0.1, -0.05) is 12.8 Å². The highest BCUT2D eigenvalue weighted by atomic mass is 16.5. The van der Waals surface area contributed by atoms with Gasteiger partial charge in [0.2, 0.25) is 5.88 Å². The molecule has 106 valence electrons. The van der Waals surface area contributed by atoms with Gasteiger partial charge in [0.15, 0.2) is 0 Å². The van der Waals surface area contributed by atoms with Crippen molar-refractivity contribution in [1.29, 1.82) is 0 Å². The Morgan fingerprint density at radius 1 is 1.37 bits per heavy atom. The molecule has 5 heteroatoms. The zero-order valence-electron chi connectivity index (χ0n) is 12.1. The summed E-state index contributed by atoms with van der Waals surface area (Å²) in [7, 11) is 3.75. The first-order valence-corrected chi connectivity index (χ1v) is 6.97. The van der Waals surface area contributed by atoms with E-state index in [4.69, 9.17) is 10.5 Å². The van der Waals surface area contributed by atoms with Gasteiger partial charge in [-0.05, 0) is 32.2 Å². The minimum atomic E-state index is 0.469. The van der Waals surface area contributed by atoms with Gasteiger partial charge in [-0.3, -0.25) is 0 Å². The molecule has 0 aromatic carbocycles. The van der Waals surface area contributed by atoms with Crippen LogP contribution in [0.15, 0.2) is 6.33 Å². The topological polar surface area (TPSA) is 64.3 Å². The summed E-state index contributed by atoms with van der Waals surface area (Å²) in [4.78, 5) is 10.8. The second-order valence-corrected chi connectivity index (χ2v) is 5.29. The van der Waals surface area contributed by atoms with Gasteiger partial charge in [0.25, 0.3) is 0 Å². The van der Waals surface area contributed by atoms with Gasteiger partial charge < -0.3 is 15.4 Å². The number of rotatable bonds is 4. The minimum absolute atomic E-state index is 0.469. The van der Waals surface area contributed by atoms with Crippen molar-refractivity contribution in [2.45, 2.75) is 38.6 Å². The fraction of sp³-hybridized carbons (Fsp3) is 0.714. The number of hydrogen-bond acceptors (Lipinski definition) is 5. The Kier molecular flexibility index (Phi) is 4.58. The van der Waals surface area contributed by atoms with Crippen LogP contribution < -0.4 is 15.4 Å². The first-order chi connectivity index (χ1) is 9.19. The van der Waals surface area contributed by atoms with Crippen LogP contribution in [0.4, 0.5) is 5.82 Å². The van der Waals surface area contributed by atoms with Crippen molar-refractivity contribution in [3.05, 3.63) is 11.9 Å². The summed E-state index contributed by atoms with van der Waals surface area (Å²) in [5.41, 5.74) is 6.91. The lowest BCUT2D eigenvalue weighted by molar-refractivity contribution is 0.305. The number of aromatic nitrogens is 2. The van der Waals surface area contributed by atoms with Crippen molar-refractivity contribution < 1.29 is 4.74 Å². The van der Waals surface area contributed by atoms with E-state index in [2.05, 4.69) is 21.9 Å². The molecule has 1 aromatic rings. The number of hydrogen-bond donors (Lipinski definition) is 1. The Morgan fingerprint density at radius 3 is 2.79 bits per heavy atom. The monoisotopic (exact) mass is 264 g/mol. The zero-order chi connectivity index (χ0) is 13.8. The van der Waals surface area contributed by atoms with Crippen molar-refractivity contribution in [3.63, 3.8) is 0 Å². The van der Waals surface area contributed by atoms with Crippen LogP contribution in [0.1, 0.15) is 31.2 Å². The van der Waals surface area contributed by atoms with Crippen LogP contribution in [0.3, 0.4) is 0 Å². The van der Waals surface area contributed by atoms with Crippen molar-refractivity contribution in [1.82, 2.24) is 9.97 Å². The van der Waals surface area contributed by atoms with Crippen LogP contribution >= 0.6 is 0 Å². The van der Waals surface area contributed by atoms with E-state index in [0.717, 1.165) is 17.9 Å². The molecule has 1 saturated carbocycles. The van der Waals surface area contributed by atoms with Crippen LogP contribution in [0.2, 0.25) is 0 Å². The molecule has 2 unspecified atom stereocenters. The summed E-state index contributed by atoms with van der Waals surface area (Å²) in [5, 5.41) is 0. The molecule has 1 aliphatic rings. The van der Waals surface area contributed by atoms with Gasteiger partial charge in [0.05, 0.1) is 12.7 Å². The highest BCUT2D eigenvalue weighted by Crippen LogP contribution is 2.32. The Balaban J connectivity index is 2.25. The van der Waals surface area contributed by atoms with Gasteiger partial charge >= 0.3 is 0 Å². The Hall–Kier alpha value is -1.36. The molecule has 2 N–H and O–H groups in total. The van der Waals surface area contributed by atoms with E-state index in [-0.39, 0.29) is 0 Å². The summed E-state index contributed by atoms with van der Waals surface area (Å²) < 4.78 is 5.27. The molecule has 1 aliphatic carbocycles. The number of methoxy groups -OCH3 is 1. The third-order valence-corrected chi connectivity index (χ3v) is 4.21. The standard InChI is InChI=1S/C14H24N4O/c1-10-13(16-9-17-14(10)19-3)18(2)12-7-5-4-6-11(12)8-15/h9,11-12H,4-8,15H2,1-3H3. The maximum atomic E-state index is 5.92. The number of ether oxygens (including phenoxy) is 1. The molecule has 1 fully saturated rings. The van der Waals surface area contributed by atoms with Crippen LogP contribution in [0.5, 0.6) is 5.88 Å². The summed E-state index contributed by atoms with van der Waals surface area (Å²) in [5.74, 6) is 2.16. The predicted octanol–water partition coefficient (Wildman–Crippen LogP) is 1.75. The van der Waals surface area contributed by atoms with E-state index in [1.165, 1.54) is 25.7 Å². The van der Waals surface area contributed by atoms with E-state index in [0.29, 0.717) is 17.8 Å². The van der Waals surface area contributed by atoms with Crippen molar-refractivity contribution in [3.8, 4) is 5.88 Å². The largest absolute Gasteiger partial charge is 0.481 e. The third-order valence-electron chi connectivity index (χ3n) is 4.21. The van der Waals surface area contributed by atoms with Crippen LogP contribution in [0.25, 0.3) is 0 Å². The molecule has 0 aliphatic heterocycles. The van der Waals surface area contributed by atoms with E-state index in [1.54, 1.807) is 13.4 Å². The summed E-state index contributed by atoms with van der Waals surface area (Å²) in [6.45, 7) is 2.75. The van der Waals surface area contributed by atoms with Crippen LogP contribution in [0, 0.1) is 12.8 Å². The Labute approximate surface area is 115 Å². The average Bonchev–Trinajstić information content (AvgIpc) is 2.46. The molecule has 1 aromatic heterocycles. The Morgan fingerprint density at radius 2 is 2.11 bits per heavy atom. The predicted molar refractivity (Wildman–Crippen MR) is 76.5 cm³/mol. The molecule has 0 amide bonds. The number of anilines is 1. The Bertz CT molecular complexity index is 424. The first kappa shape index (κ1) is 14.1. The van der Waals surface area contributed by atoms with E-state index < -0.39 is 0 Å². The van der Waals surface area contributed by atoms with Crippen LogP contribution in [-0.2, 0) is 0 Å². The van der Waals surface area contributed by atoms with Crippen molar-refractivity contribution in [2.75, 3.05) is 25.6 Å². The van der Waals surface area contributed by atoms with Gasteiger partial charge in [-0.15, -0.1) is 0 Å². The quantitative estimate of drug-likeness (QED) is 0.897. The average molecular weight is 264 g/mol. The minimum Gasteiger partial charge on any atom is -0.481 e. The molecule has 0 spiro atoms. The van der Waals surface area contributed by atoms with Gasteiger partial charge in [0, 0.05) is 13.1 Å². The number of nitrogens with zero attached hydrogens (tertiary/aromatic N) is 3. The smallest absolute Gasteiger partial charge is 0.221 e. The SMILES string of the molecule is COc1ncnc(N(C)C2CCCCC2CN)c1C. The fourth-order valence-corrected chi connectivity index (χ4v) is 3.12. The van der Waals surface area contributed by atoms with Gasteiger partial charge in [0.1, 0.15) is 12.1 Å². The van der Waals surface area contributed by atoms with Crippen LogP contribution in [-0.4, -0.2) is 36.7 Å². The lowest BCUT2D eigenvalue weighted by Crippen LogP contribution is -2.43. The molecular weight excluding hydrogens is 240 g/mol. The highest BCUT2D eigenvalue weighted by molar-refractivity contribution is 5.50. The molecule has 0 saturated heterocycles. The molecule has 2 rings (SSSR count). The lowest BCUT2D eigenvalue weighted by atomic mass is 9.83. The number of nitrogens with two attached hydrogens (primary N) is 1. The van der Waals surface area contributed by atoms with E-state index in [9.17, 15) is 0 Å². The molecular formula is C14H24N4O. The second kappa shape index (κ2) is 6.19. The van der Waals surface area contributed by atoms with E-state index >= 15 is 0 Å². The summed E-state index contributed by atoms with van der Waals surface area (Å²) in [6, 6.07) is 0.469. The second-order valence-electron chi connectivity index (χ2n) is 5.29. The van der Waals surface area contributed by atoms with Crippen molar-refractivity contribution in [2.24, 2.45) is 11.7 Å². The lowest BCUT2D eigenvalue weighted by Gasteiger charge is -2.38. The highest BCUT2D eigenvalue weighted by Gasteiger charge is 2.29. The summed E-state index contributed by atoms with van der Waals surface area (Å²) >= 11 is 0. The summed E-state index contributed by atoms with van der Waals surface area (Å²) in [6.07, 6.45) is 6.53. The maximum absolute atomic E-state index is 5.92. The normalized spacial score (nSPS) is 23.2. The van der Waals surface area contributed by atoms with Gasteiger partial charge in [-0.2, -0.15) is 0 Å². The fourth-order valence-electron chi connectivity index (χ4n) is 3.12. The zero-order valence-corrected chi connectivity index (χ0v) is 12.1. The molecule has 1 heterocycles. The third kappa shape index (κ3) is 2.81. The van der Waals surface area contributed by atoms with Crippen molar-refractivity contribution >= 4 is 5.82 Å². The molecule has 19 heavy (non-hydrogen) atoms. The first-order valence-electron chi connectivity index (χ1n) is 6.97. The maximum Gasteiger partial charge on any atom is 0.221 e. The molecule has 0 bridgehead atoms. The van der Waals surface area contributed by atoms with Gasteiger partial charge in [-0.25, -0.2) is 9.97 Å². The van der Waals surface area contributed by atoms with E-state index in [1.807, 2.05) is 6.92 Å². The molecule has 2 atom stereocenters. The molecule has 5 nitrogen and oxygen atoms in total. The molecule has 0 radical (unpaired) electrons.